The summed E-state index contributed by atoms with van der Waals surface area (Å²) < 4.78 is 28.6. The van der Waals surface area contributed by atoms with Gasteiger partial charge in [-0.1, -0.05) is 12.1 Å². The Balaban J connectivity index is 3.17. The van der Waals surface area contributed by atoms with E-state index < -0.39 is 12.0 Å². The van der Waals surface area contributed by atoms with Crippen LogP contribution in [0.3, 0.4) is 0 Å². The van der Waals surface area contributed by atoms with Crippen LogP contribution in [-0.2, 0) is 4.79 Å². The molecule has 0 aliphatic carbocycles. The molecule has 1 aromatic carbocycles. The Labute approximate surface area is 97.2 Å². The van der Waals surface area contributed by atoms with Gasteiger partial charge in [-0.05, 0) is 25.5 Å². The van der Waals surface area contributed by atoms with Gasteiger partial charge in [-0.25, -0.2) is 0 Å². The summed E-state index contributed by atoms with van der Waals surface area (Å²) in [5.41, 5.74) is 0.949. The zero-order chi connectivity index (χ0) is 12.3. The van der Waals surface area contributed by atoms with E-state index in [2.05, 4.69) is 4.74 Å². The minimum absolute atomic E-state index is 0.0507. The summed E-state index contributed by atoms with van der Waals surface area (Å²) in [4.78, 5) is 11.2. The second kappa shape index (κ2) is 5.25. The number of hydrogen-bond acceptors (Lipinski definition) is 2. The average Bonchev–Trinajstić information content (AvgIpc) is 2.16. The van der Waals surface area contributed by atoms with Crippen molar-refractivity contribution in [2.45, 2.75) is 25.8 Å². The van der Waals surface area contributed by atoms with E-state index in [4.69, 9.17) is 11.6 Å². The lowest BCUT2D eigenvalue weighted by Gasteiger charge is -2.15. The fraction of sp³-hybridized carbons (Fsp3) is 0.364. The molecule has 0 radical (unpaired) electrons. The van der Waals surface area contributed by atoms with Crippen LogP contribution >= 0.6 is 11.6 Å². The fourth-order valence-corrected chi connectivity index (χ4v) is 1.66. The molecule has 88 valence electrons. The van der Waals surface area contributed by atoms with Gasteiger partial charge in [0.2, 0.25) is 0 Å². The largest absolute Gasteiger partial charge is 0.434 e. The third-order valence-corrected chi connectivity index (χ3v) is 2.64. The lowest BCUT2D eigenvalue weighted by Crippen LogP contribution is -2.10. The molecule has 1 rings (SSSR count). The number of halogens is 3. The van der Waals surface area contributed by atoms with E-state index in [1.807, 2.05) is 0 Å². The van der Waals surface area contributed by atoms with Crippen molar-refractivity contribution in [1.29, 1.82) is 0 Å². The summed E-state index contributed by atoms with van der Waals surface area (Å²) in [5.74, 6) is -0.361. The zero-order valence-corrected chi connectivity index (χ0v) is 9.59. The molecule has 16 heavy (non-hydrogen) atoms. The first-order valence-corrected chi connectivity index (χ1v) is 5.06. The Bertz CT molecular complexity index is 394. The van der Waals surface area contributed by atoms with Crippen LogP contribution < -0.4 is 4.74 Å². The number of carbonyl (C=O) groups excluding carboxylic acids is 1. The minimum Gasteiger partial charge on any atom is -0.434 e. The van der Waals surface area contributed by atoms with Gasteiger partial charge in [-0.2, -0.15) is 8.78 Å². The number of aryl methyl sites for hydroxylation is 1. The molecule has 0 heterocycles. The molecule has 1 aromatic rings. The van der Waals surface area contributed by atoms with Crippen LogP contribution in [-0.4, -0.2) is 12.4 Å². The molecule has 0 saturated carbocycles. The van der Waals surface area contributed by atoms with Crippen molar-refractivity contribution >= 4 is 17.4 Å². The number of hydrogen-bond donors (Lipinski definition) is 0. The van der Waals surface area contributed by atoms with Gasteiger partial charge in [0.05, 0.1) is 0 Å². The normalized spacial score (nSPS) is 12.6. The number of ether oxygens (including phenoxy) is 1. The van der Waals surface area contributed by atoms with Crippen molar-refractivity contribution in [3.63, 3.8) is 0 Å². The first kappa shape index (κ1) is 12.9. The van der Waals surface area contributed by atoms with Gasteiger partial charge in [-0.15, -0.1) is 11.6 Å². The molecule has 0 saturated heterocycles. The maximum absolute atomic E-state index is 12.1. The van der Waals surface area contributed by atoms with Crippen LogP contribution in [0.2, 0.25) is 0 Å². The Hall–Kier alpha value is -1.16. The molecule has 0 aromatic heterocycles. The fourth-order valence-electron chi connectivity index (χ4n) is 1.38. The van der Waals surface area contributed by atoms with Crippen LogP contribution in [0, 0.1) is 6.92 Å². The quantitative estimate of drug-likeness (QED) is 0.763. The highest BCUT2D eigenvalue weighted by atomic mass is 35.5. The molecule has 0 bridgehead atoms. The van der Waals surface area contributed by atoms with Crippen LogP contribution in [0.25, 0.3) is 0 Å². The maximum Gasteiger partial charge on any atom is 0.387 e. The summed E-state index contributed by atoms with van der Waals surface area (Å²) in [6.07, 6.45) is 0. The van der Waals surface area contributed by atoms with E-state index in [1.165, 1.54) is 13.0 Å². The predicted molar refractivity (Wildman–Crippen MR) is 57.1 cm³/mol. The van der Waals surface area contributed by atoms with Crippen LogP contribution in [0.5, 0.6) is 5.75 Å². The molecule has 0 aliphatic heterocycles. The summed E-state index contributed by atoms with van der Waals surface area (Å²) in [6, 6.07) is 4.62. The van der Waals surface area contributed by atoms with Gasteiger partial charge in [0.25, 0.3) is 0 Å². The van der Waals surface area contributed by atoms with Gasteiger partial charge in [0, 0.05) is 5.56 Å². The Morgan fingerprint density at radius 2 is 2.06 bits per heavy atom. The number of alkyl halides is 3. The number of carbonyl (C=O) groups is 1. The second-order valence-corrected chi connectivity index (χ2v) is 3.77. The van der Waals surface area contributed by atoms with E-state index in [9.17, 15) is 13.6 Å². The van der Waals surface area contributed by atoms with Gasteiger partial charge >= 0.3 is 6.61 Å². The zero-order valence-electron chi connectivity index (χ0n) is 8.84. The topological polar surface area (TPSA) is 26.3 Å². The summed E-state index contributed by atoms with van der Waals surface area (Å²) in [7, 11) is 0. The lowest BCUT2D eigenvalue weighted by molar-refractivity contribution is -0.116. The molecular weight excluding hydrogens is 238 g/mol. The molecule has 0 fully saturated rings. The number of Topliss-reactive ketones (excluding diaryl/α,β-unsaturated/α-hetero) is 1. The molecule has 0 N–H and O–H groups in total. The van der Waals surface area contributed by atoms with E-state index >= 15 is 0 Å². The highest BCUT2D eigenvalue weighted by Crippen LogP contribution is 2.34. The highest BCUT2D eigenvalue weighted by molar-refractivity contribution is 6.31. The maximum atomic E-state index is 12.1. The number of benzene rings is 1. The van der Waals surface area contributed by atoms with Gasteiger partial charge in [0.15, 0.2) is 5.78 Å². The van der Waals surface area contributed by atoms with Gasteiger partial charge < -0.3 is 4.74 Å². The van der Waals surface area contributed by atoms with Crippen molar-refractivity contribution in [2.75, 3.05) is 0 Å². The lowest BCUT2D eigenvalue weighted by atomic mass is 10.0. The predicted octanol–water partition coefficient (Wildman–Crippen LogP) is 3.47. The smallest absolute Gasteiger partial charge is 0.387 e. The van der Waals surface area contributed by atoms with Crippen LogP contribution in [0.15, 0.2) is 18.2 Å². The minimum atomic E-state index is -2.93. The van der Waals surface area contributed by atoms with E-state index in [0.717, 1.165) is 0 Å². The average molecular weight is 249 g/mol. The molecule has 0 spiro atoms. The molecule has 0 amide bonds. The monoisotopic (exact) mass is 248 g/mol. The first-order valence-electron chi connectivity index (χ1n) is 4.62. The highest BCUT2D eigenvalue weighted by Gasteiger charge is 2.21. The summed E-state index contributed by atoms with van der Waals surface area (Å²) >= 11 is 5.86. The number of ketones is 1. The Morgan fingerprint density at radius 3 is 2.56 bits per heavy atom. The van der Waals surface area contributed by atoms with Crippen molar-refractivity contribution < 1.29 is 18.3 Å². The first-order chi connectivity index (χ1) is 7.43. The number of rotatable bonds is 4. The van der Waals surface area contributed by atoms with Crippen LogP contribution in [0.4, 0.5) is 8.78 Å². The van der Waals surface area contributed by atoms with Crippen molar-refractivity contribution in [3.05, 3.63) is 29.3 Å². The molecule has 1 unspecified atom stereocenters. The second-order valence-electron chi connectivity index (χ2n) is 3.34. The van der Waals surface area contributed by atoms with Crippen LogP contribution in [0.1, 0.15) is 23.4 Å². The SMILES string of the molecule is CC(=O)C(Cl)c1c(C)cccc1OC(F)F. The summed E-state index contributed by atoms with van der Waals surface area (Å²) in [6.45, 7) is 0.0544. The molecule has 2 nitrogen and oxygen atoms in total. The van der Waals surface area contributed by atoms with E-state index in [0.29, 0.717) is 11.1 Å². The van der Waals surface area contributed by atoms with Crippen molar-refractivity contribution in [2.24, 2.45) is 0 Å². The van der Waals surface area contributed by atoms with Crippen molar-refractivity contribution in [3.8, 4) is 5.75 Å². The standard InChI is InChI=1S/C11H11ClF2O2/c1-6-4-3-5-8(16-11(13)14)9(6)10(12)7(2)15/h3-5,10-11H,1-2H3. The van der Waals surface area contributed by atoms with Gasteiger partial charge in [-0.3, -0.25) is 4.79 Å². The Morgan fingerprint density at radius 1 is 1.44 bits per heavy atom. The third-order valence-electron chi connectivity index (χ3n) is 2.11. The van der Waals surface area contributed by atoms with E-state index in [1.54, 1.807) is 19.1 Å². The third kappa shape index (κ3) is 2.92. The molecule has 5 heteroatoms. The van der Waals surface area contributed by atoms with E-state index in [-0.39, 0.29) is 11.5 Å². The molecular formula is C11H11ClF2O2. The molecule has 1 atom stereocenters. The van der Waals surface area contributed by atoms with Gasteiger partial charge in [0.1, 0.15) is 11.1 Å². The molecule has 0 aliphatic rings. The Kier molecular flexibility index (Phi) is 4.24. The van der Waals surface area contributed by atoms with Crippen molar-refractivity contribution in [1.82, 2.24) is 0 Å². The summed E-state index contributed by atoms with van der Waals surface area (Å²) in [5, 5.41) is -0.963.